The van der Waals surface area contributed by atoms with Gasteiger partial charge < -0.3 is 0 Å². The molecule has 0 aliphatic carbocycles. The molecular weight excluding hydrogens is 364 g/mol. The van der Waals surface area contributed by atoms with Crippen molar-refractivity contribution in [1.82, 2.24) is 0 Å². The number of hydrogen-bond acceptors (Lipinski definition) is 1. The van der Waals surface area contributed by atoms with Crippen molar-refractivity contribution < 1.29 is 0 Å². The van der Waals surface area contributed by atoms with Gasteiger partial charge in [-0.1, -0.05) is 57.9 Å². The molecule has 3 heteroatoms. The maximum Gasteiger partial charge on any atom is 0.0434 e. The van der Waals surface area contributed by atoms with E-state index in [-0.39, 0.29) is 0 Å². The molecule has 0 bridgehead atoms. The van der Waals surface area contributed by atoms with Crippen LogP contribution in [-0.2, 0) is 0 Å². The molecule has 0 aliphatic rings. The van der Waals surface area contributed by atoms with Crippen LogP contribution in [0.5, 0.6) is 0 Å². The second-order valence-electron chi connectivity index (χ2n) is 4.94. The fourth-order valence-corrected chi connectivity index (χ4v) is 4.34. The molecule has 1 aromatic heterocycles. The normalized spacial score (nSPS) is 11.3. The van der Waals surface area contributed by atoms with Crippen LogP contribution < -0.4 is 0 Å². The molecule has 1 heterocycles. The molecule has 0 fully saturated rings. The molecule has 0 radical (unpaired) electrons. The zero-order chi connectivity index (χ0) is 14.4. The summed E-state index contributed by atoms with van der Waals surface area (Å²) in [6, 6.07) is 21.0. The molecule has 3 aromatic carbocycles. The maximum atomic E-state index is 6.36. The summed E-state index contributed by atoms with van der Waals surface area (Å²) in [6.07, 6.45) is 0. The molecular formula is C18H10BrClS. The van der Waals surface area contributed by atoms with E-state index in [0.29, 0.717) is 0 Å². The van der Waals surface area contributed by atoms with E-state index in [1.165, 1.54) is 31.3 Å². The molecule has 0 amide bonds. The minimum absolute atomic E-state index is 0.781. The van der Waals surface area contributed by atoms with Crippen LogP contribution in [0.15, 0.2) is 65.1 Å². The fraction of sp³-hybridized carbons (Fsp3) is 0. The van der Waals surface area contributed by atoms with Gasteiger partial charge in [0.05, 0.1) is 0 Å². The van der Waals surface area contributed by atoms with Crippen LogP contribution in [0.3, 0.4) is 0 Å². The Bertz CT molecular complexity index is 954. The smallest absolute Gasteiger partial charge is 0.0434 e. The van der Waals surface area contributed by atoms with Crippen molar-refractivity contribution in [2.24, 2.45) is 0 Å². The standard InChI is InChI=1S/C18H10BrClS/c19-12-7-5-11(6-8-12)15-9-13(20)10-16-14-3-1-2-4-17(14)21-18(15)16/h1-10H. The van der Waals surface area contributed by atoms with Gasteiger partial charge in [-0.25, -0.2) is 0 Å². The Morgan fingerprint density at radius 2 is 1.62 bits per heavy atom. The number of fused-ring (bicyclic) bond motifs is 3. The van der Waals surface area contributed by atoms with E-state index in [2.05, 4.69) is 76.6 Å². The van der Waals surface area contributed by atoms with Gasteiger partial charge in [-0.3, -0.25) is 0 Å². The SMILES string of the molecule is Clc1cc(-c2ccc(Br)cc2)c2sc3ccccc3c2c1. The van der Waals surface area contributed by atoms with Crippen LogP contribution in [0.25, 0.3) is 31.3 Å². The lowest BCUT2D eigenvalue weighted by Gasteiger charge is -2.05. The monoisotopic (exact) mass is 372 g/mol. The highest BCUT2D eigenvalue weighted by molar-refractivity contribution is 9.10. The van der Waals surface area contributed by atoms with Gasteiger partial charge in [0.15, 0.2) is 0 Å². The molecule has 21 heavy (non-hydrogen) atoms. The lowest BCUT2D eigenvalue weighted by atomic mass is 10.0. The summed E-state index contributed by atoms with van der Waals surface area (Å²) < 4.78 is 3.68. The third kappa shape index (κ3) is 2.28. The first-order valence-corrected chi connectivity index (χ1v) is 8.58. The van der Waals surface area contributed by atoms with Crippen molar-refractivity contribution in [1.29, 1.82) is 0 Å². The zero-order valence-corrected chi connectivity index (χ0v) is 14.1. The van der Waals surface area contributed by atoms with Crippen molar-refractivity contribution in [3.63, 3.8) is 0 Å². The predicted molar refractivity (Wildman–Crippen MR) is 97.5 cm³/mol. The van der Waals surface area contributed by atoms with Gasteiger partial charge in [0.2, 0.25) is 0 Å². The molecule has 4 rings (SSSR count). The molecule has 0 saturated heterocycles. The summed E-state index contributed by atoms with van der Waals surface area (Å²) in [6.45, 7) is 0. The molecule has 0 spiro atoms. The average Bonchev–Trinajstić information content (AvgIpc) is 2.86. The minimum atomic E-state index is 0.781. The molecule has 0 aliphatic heterocycles. The number of rotatable bonds is 1. The summed E-state index contributed by atoms with van der Waals surface area (Å²) in [7, 11) is 0. The second kappa shape index (κ2) is 5.13. The Morgan fingerprint density at radius 3 is 2.43 bits per heavy atom. The Morgan fingerprint density at radius 1 is 0.857 bits per heavy atom. The highest BCUT2D eigenvalue weighted by Crippen LogP contribution is 2.41. The Labute approximate surface area is 140 Å². The Kier molecular flexibility index (Phi) is 3.26. The first-order valence-electron chi connectivity index (χ1n) is 6.59. The summed E-state index contributed by atoms with van der Waals surface area (Å²) >= 11 is 11.7. The van der Waals surface area contributed by atoms with E-state index in [1.807, 2.05) is 11.3 Å². The average molecular weight is 374 g/mol. The highest BCUT2D eigenvalue weighted by Gasteiger charge is 2.11. The van der Waals surface area contributed by atoms with Gasteiger partial charge in [0, 0.05) is 35.2 Å². The first-order chi connectivity index (χ1) is 10.2. The minimum Gasteiger partial charge on any atom is -0.135 e. The van der Waals surface area contributed by atoms with Crippen LogP contribution in [0.4, 0.5) is 0 Å². The lowest BCUT2D eigenvalue weighted by molar-refractivity contribution is 1.63. The maximum absolute atomic E-state index is 6.36. The van der Waals surface area contributed by atoms with Crippen molar-refractivity contribution in [3.8, 4) is 11.1 Å². The molecule has 0 unspecified atom stereocenters. The molecule has 4 aromatic rings. The highest BCUT2D eigenvalue weighted by atomic mass is 79.9. The van der Waals surface area contributed by atoms with E-state index < -0.39 is 0 Å². The first kappa shape index (κ1) is 13.3. The number of thiophene rings is 1. The molecule has 0 saturated carbocycles. The largest absolute Gasteiger partial charge is 0.135 e. The van der Waals surface area contributed by atoms with Crippen molar-refractivity contribution >= 4 is 59.0 Å². The van der Waals surface area contributed by atoms with Crippen molar-refractivity contribution in [2.75, 3.05) is 0 Å². The summed E-state index contributed by atoms with van der Waals surface area (Å²) in [5, 5.41) is 3.29. The third-order valence-electron chi connectivity index (χ3n) is 3.60. The Hall–Kier alpha value is -1.35. The number of halogens is 2. The van der Waals surface area contributed by atoms with Gasteiger partial charge in [-0.2, -0.15) is 0 Å². The van der Waals surface area contributed by atoms with Gasteiger partial charge in [-0.15, -0.1) is 11.3 Å². The van der Waals surface area contributed by atoms with Gasteiger partial charge in [0.25, 0.3) is 0 Å². The zero-order valence-electron chi connectivity index (χ0n) is 10.9. The van der Waals surface area contributed by atoms with Crippen molar-refractivity contribution in [2.45, 2.75) is 0 Å². The molecule has 102 valence electrons. The van der Waals surface area contributed by atoms with Gasteiger partial charge in [-0.05, 0) is 35.9 Å². The summed E-state index contributed by atoms with van der Waals surface area (Å²) in [5.41, 5.74) is 2.39. The molecule has 0 atom stereocenters. The predicted octanol–water partition coefficient (Wildman–Crippen LogP) is 7.14. The molecule has 0 nitrogen and oxygen atoms in total. The van der Waals surface area contributed by atoms with Crippen LogP contribution >= 0.6 is 38.9 Å². The summed E-state index contributed by atoms with van der Waals surface area (Å²) in [5.74, 6) is 0. The van der Waals surface area contributed by atoms with E-state index in [4.69, 9.17) is 11.6 Å². The fourth-order valence-electron chi connectivity index (χ4n) is 2.64. The second-order valence-corrected chi connectivity index (χ2v) is 7.34. The van der Waals surface area contributed by atoms with E-state index in [1.54, 1.807) is 0 Å². The third-order valence-corrected chi connectivity index (χ3v) is 5.56. The van der Waals surface area contributed by atoms with Crippen LogP contribution in [0.2, 0.25) is 5.02 Å². The van der Waals surface area contributed by atoms with Crippen LogP contribution in [0, 0.1) is 0 Å². The topological polar surface area (TPSA) is 0 Å². The van der Waals surface area contributed by atoms with Crippen LogP contribution in [0.1, 0.15) is 0 Å². The van der Waals surface area contributed by atoms with Gasteiger partial charge in [0.1, 0.15) is 0 Å². The Balaban J connectivity index is 2.10. The molecule has 0 N–H and O–H groups in total. The van der Waals surface area contributed by atoms with Crippen LogP contribution in [-0.4, -0.2) is 0 Å². The number of hydrogen-bond donors (Lipinski definition) is 0. The van der Waals surface area contributed by atoms with Gasteiger partial charge >= 0.3 is 0 Å². The summed E-state index contributed by atoms with van der Waals surface area (Å²) in [4.78, 5) is 0. The van der Waals surface area contributed by atoms with E-state index in [9.17, 15) is 0 Å². The van der Waals surface area contributed by atoms with E-state index >= 15 is 0 Å². The number of benzene rings is 3. The quantitative estimate of drug-likeness (QED) is 0.332. The lowest BCUT2D eigenvalue weighted by Crippen LogP contribution is -1.79. The van der Waals surface area contributed by atoms with E-state index in [0.717, 1.165) is 9.50 Å². The van der Waals surface area contributed by atoms with Crippen molar-refractivity contribution in [3.05, 3.63) is 70.2 Å².